The largest absolute Gasteiger partial charge is 0.429 e. The van der Waals surface area contributed by atoms with E-state index in [9.17, 15) is 22.8 Å². The molecule has 0 aliphatic heterocycles. The molecule has 0 unspecified atom stereocenters. The van der Waals surface area contributed by atoms with E-state index in [0.29, 0.717) is 11.6 Å². The van der Waals surface area contributed by atoms with Crippen LogP contribution < -0.4 is 15.4 Å². The monoisotopic (exact) mass is 366 g/mol. The number of hydrogen-bond donors (Lipinski definition) is 2. The van der Waals surface area contributed by atoms with Gasteiger partial charge in [0, 0.05) is 13.5 Å². The number of benzene rings is 2. The Kier molecular flexibility index (Phi) is 6.21. The second kappa shape index (κ2) is 8.37. The quantitative estimate of drug-likeness (QED) is 0.792. The van der Waals surface area contributed by atoms with Crippen LogP contribution in [-0.2, 0) is 22.2 Å². The van der Waals surface area contributed by atoms with Gasteiger partial charge in [-0.3, -0.25) is 9.59 Å². The van der Waals surface area contributed by atoms with Gasteiger partial charge in [0.1, 0.15) is 11.6 Å². The van der Waals surface area contributed by atoms with Crippen molar-refractivity contribution in [2.45, 2.75) is 19.6 Å². The molecular formula is C18H17F3N2O3. The summed E-state index contributed by atoms with van der Waals surface area (Å²) in [6.45, 7) is 1.32. The zero-order valence-electron chi connectivity index (χ0n) is 13.9. The van der Waals surface area contributed by atoms with E-state index in [4.69, 9.17) is 0 Å². The van der Waals surface area contributed by atoms with Gasteiger partial charge in [-0.25, -0.2) is 4.39 Å². The maximum atomic E-state index is 14.0. The minimum absolute atomic E-state index is 0.104. The Morgan fingerprint density at radius 1 is 1.08 bits per heavy atom. The smallest absolute Gasteiger partial charge is 0.426 e. The molecule has 2 amide bonds. The standard InChI is InChI=1S/C18H17F3N2O3/c1-12(24)22-11-17(25)23-10-13-5-7-16(8-6-13)26-18(20,21)14-3-2-4-15(19)9-14/h2-9H,10-11H2,1H3,(H,22,24)(H,23,25). The number of amides is 2. The summed E-state index contributed by atoms with van der Waals surface area (Å²) in [6.07, 6.45) is -3.68. The first-order chi connectivity index (χ1) is 12.3. The van der Waals surface area contributed by atoms with Crippen LogP contribution in [0.1, 0.15) is 18.1 Å². The number of alkyl halides is 2. The average Bonchev–Trinajstić information content (AvgIpc) is 2.59. The van der Waals surface area contributed by atoms with Gasteiger partial charge in [0.15, 0.2) is 0 Å². The molecule has 0 radical (unpaired) electrons. The van der Waals surface area contributed by atoms with E-state index < -0.39 is 17.5 Å². The summed E-state index contributed by atoms with van der Waals surface area (Å²) in [6, 6.07) is 9.68. The third kappa shape index (κ3) is 5.80. The van der Waals surface area contributed by atoms with E-state index >= 15 is 0 Å². The molecule has 0 spiro atoms. The van der Waals surface area contributed by atoms with Crippen molar-refractivity contribution in [3.8, 4) is 5.75 Å². The highest BCUT2D eigenvalue weighted by Crippen LogP contribution is 2.31. The van der Waals surface area contributed by atoms with Crippen molar-refractivity contribution in [1.29, 1.82) is 0 Å². The molecule has 0 saturated heterocycles. The summed E-state index contributed by atoms with van der Waals surface area (Å²) in [5, 5.41) is 4.92. The fourth-order valence-corrected chi connectivity index (χ4v) is 2.02. The summed E-state index contributed by atoms with van der Waals surface area (Å²) in [5.74, 6) is -1.58. The normalized spacial score (nSPS) is 10.9. The van der Waals surface area contributed by atoms with E-state index in [0.717, 1.165) is 12.1 Å². The number of carbonyl (C=O) groups is 2. The first-order valence-corrected chi connectivity index (χ1v) is 7.69. The van der Waals surface area contributed by atoms with Crippen LogP contribution in [0.4, 0.5) is 13.2 Å². The number of ether oxygens (including phenoxy) is 1. The van der Waals surface area contributed by atoms with Gasteiger partial charge in [-0.1, -0.05) is 18.2 Å². The molecule has 0 heterocycles. The predicted molar refractivity (Wildman–Crippen MR) is 87.9 cm³/mol. The van der Waals surface area contributed by atoms with Gasteiger partial charge >= 0.3 is 6.11 Å². The van der Waals surface area contributed by atoms with Crippen LogP contribution >= 0.6 is 0 Å². The molecule has 0 aliphatic carbocycles. The maximum Gasteiger partial charge on any atom is 0.426 e. The highest BCUT2D eigenvalue weighted by molar-refractivity contribution is 5.83. The van der Waals surface area contributed by atoms with E-state index in [1.807, 2.05) is 0 Å². The molecule has 26 heavy (non-hydrogen) atoms. The highest BCUT2D eigenvalue weighted by Gasteiger charge is 2.34. The molecule has 2 rings (SSSR count). The minimum atomic E-state index is -3.68. The van der Waals surface area contributed by atoms with Crippen LogP contribution in [0.2, 0.25) is 0 Å². The van der Waals surface area contributed by atoms with Crippen LogP contribution in [0.3, 0.4) is 0 Å². The van der Waals surface area contributed by atoms with Crippen molar-refractivity contribution < 1.29 is 27.5 Å². The molecule has 2 aromatic rings. The Hall–Kier alpha value is -3.03. The first-order valence-electron chi connectivity index (χ1n) is 7.69. The maximum absolute atomic E-state index is 14.0. The third-order valence-corrected chi connectivity index (χ3v) is 3.32. The van der Waals surface area contributed by atoms with Crippen molar-refractivity contribution in [3.63, 3.8) is 0 Å². The van der Waals surface area contributed by atoms with Crippen LogP contribution in [0.5, 0.6) is 5.75 Å². The molecule has 138 valence electrons. The van der Waals surface area contributed by atoms with Gasteiger partial charge < -0.3 is 15.4 Å². The van der Waals surface area contributed by atoms with E-state index in [2.05, 4.69) is 15.4 Å². The van der Waals surface area contributed by atoms with Crippen LogP contribution in [-0.4, -0.2) is 18.4 Å². The van der Waals surface area contributed by atoms with Gasteiger partial charge in [0.05, 0.1) is 12.1 Å². The lowest BCUT2D eigenvalue weighted by molar-refractivity contribution is -0.185. The minimum Gasteiger partial charge on any atom is -0.429 e. The fraction of sp³-hybridized carbons (Fsp3) is 0.222. The van der Waals surface area contributed by atoms with Crippen LogP contribution in [0.25, 0.3) is 0 Å². The van der Waals surface area contributed by atoms with Crippen molar-refractivity contribution in [3.05, 3.63) is 65.5 Å². The van der Waals surface area contributed by atoms with E-state index in [1.54, 1.807) is 0 Å². The van der Waals surface area contributed by atoms with E-state index in [-0.39, 0.29) is 30.7 Å². The summed E-state index contributed by atoms with van der Waals surface area (Å²) in [7, 11) is 0. The van der Waals surface area contributed by atoms with Crippen molar-refractivity contribution >= 4 is 11.8 Å². The van der Waals surface area contributed by atoms with Crippen LogP contribution in [0, 0.1) is 5.82 Å². The SMILES string of the molecule is CC(=O)NCC(=O)NCc1ccc(OC(F)(F)c2cccc(F)c2)cc1. The number of hydrogen-bond acceptors (Lipinski definition) is 3. The molecule has 5 nitrogen and oxygen atoms in total. The fourth-order valence-electron chi connectivity index (χ4n) is 2.02. The number of rotatable bonds is 7. The van der Waals surface area contributed by atoms with Gasteiger partial charge in [-0.15, -0.1) is 0 Å². The molecule has 8 heteroatoms. The molecule has 0 aliphatic rings. The molecule has 0 aromatic heterocycles. The lowest BCUT2D eigenvalue weighted by Crippen LogP contribution is -2.35. The summed E-state index contributed by atoms with van der Waals surface area (Å²) in [5.41, 5.74) is 0.0643. The summed E-state index contributed by atoms with van der Waals surface area (Å²) < 4.78 is 45.8. The molecule has 0 atom stereocenters. The second-order valence-electron chi connectivity index (χ2n) is 5.46. The predicted octanol–water partition coefficient (Wildman–Crippen LogP) is 2.71. The second-order valence-corrected chi connectivity index (χ2v) is 5.46. The zero-order valence-corrected chi connectivity index (χ0v) is 13.9. The Morgan fingerprint density at radius 2 is 1.77 bits per heavy atom. The molecule has 0 fully saturated rings. The number of nitrogens with one attached hydrogen (secondary N) is 2. The summed E-state index contributed by atoms with van der Waals surface area (Å²) >= 11 is 0. The topological polar surface area (TPSA) is 67.4 Å². The Morgan fingerprint density at radius 3 is 2.38 bits per heavy atom. The molecule has 0 saturated carbocycles. The Labute approximate surface area is 148 Å². The molecule has 0 bridgehead atoms. The first kappa shape index (κ1) is 19.3. The Bertz CT molecular complexity index is 780. The molecular weight excluding hydrogens is 349 g/mol. The summed E-state index contributed by atoms with van der Waals surface area (Å²) in [4.78, 5) is 22.2. The van der Waals surface area contributed by atoms with E-state index in [1.165, 1.54) is 37.3 Å². The van der Waals surface area contributed by atoms with Crippen molar-refractivity contribution in [2.24, 2.45) is 0 Å². The lowest BCUT2D eigenvalue weighted by atomic mass is 10.2. The van der Waals surface area contributed by atoms with Crippen molar-refractivity contribution in [2.75, 3.05) is 6.54 Å². The van der Waals surface area contributed by atoms with Gasteiger partial charge in [-0.05, 0) is 35.9 Å². The van der Waals surface area contributed by atoms with Crippen LogP contribution in [0.15, 0.2) is 48.5 Å². The van der Waals surface area contributed by atoms with Gasteiger partial charge in [0.2, 0.25) is 11.8 Å². The Balaban J connectivity index is 1.92. The average molecular weight is 366 g/mol. The number of halogens is 3. The van der Waals surface area contributed by atoms with Crippen molar-refractivity contribution in [1.82, 2.24) is 10.6 Å². The zero-order chi connectivity index (χ0) is 19.2. The molecule has 2 N–H and O–H groups in total. The van der Waals surface area contributed by atoms with Gasteiger partial charge in [-0.2, -0.15) is 8.78 Å². The van der Waals surface area contributed by atoms with Gasteiger partial charge in [0.25, 0.3) is 0 Å². The molecule has 2 aromatic carbocycles. The lowest BCUT2D eigenvalue weighted by Gasteiger charge is -2.18. The highest BCUT2D eigenvalue weighted by atomic mass is 19.3. The third-order valence-electron chi connectivity index (χ3n) is 3.32. The number of carbonyl (C=O) groups excluding carboxylic acids is 2.